The van der Waals surface area contributed by atoms with Gasteiger partial charge in [-0.25, -0.2) is 4.39 Å². The fourth-order valence-corrected chi connectivity index (χ4v) is 2.19. The Labute approximate surface area is 116 Å². The van der Waals surface area contributed by atoms with Crippen LogP contribution in [0.3, 0.4) is 0 Å². The van der Waals surface area contributed by atoms with E-state index in [1.54, 1.807) is 6.07 Å². The van der Waals surface area contributed by atoms with E-state index in [0.717, 1.165) is 14.6 Å². The highest BCUT2D eigenvalue weighted by Crippen LogP contribution is 2.19. The number of anilines is 1. The van der Waals surface area contributed by atoms with Crippen LogP contribution < -0.4 is 5.32 Å². The largest absolute Gasteiger partial charge is 0.381 e. The van der Waals surface area contributed by atoms with E-state index in [1.165, 1.54) is 6.07 Å². The number of halogens is 3. The van der Waals surface area contributed by atoms with E-state index in [9.17, 15) is 4.39 Å². The second kappa shape index (κ2) is 5.65. The van der Waals surface area contributed by atoms with Crippen molar-refractivity contribution >= 4 is 37.5 Å². The van der Waals surface area contributed by atoms with Gasteiger partial charge >= 0.3 is 0 Å². The molecular formula is C13H10Br2FN. The molecule has 0 spiro atoms. The van der Waals surface area contributed by atoms with Gasteiger partial charge in [0, 0.05) is 26.7 Å². The Morgan fingerprint density at radius 3 is 2.47 bits per heavy atom. The molecule has 0 amide bonds. The molecule has 2 aromatic carbocycles. The summed E-state index contributed by atoms with van der Waals surface area (Å²) in [7, 11) is 0. The molecule has 0 atom stereocenters. The minimum Gasteiger partial charge on any atom is -0.381 e. The first-order valence-corrected chi connectivity index (χ1v) is 6.67. The molecule has 0 bridgehead atoms. The van der Waals surface area contributed by atoms with Gasteiger partial charge in [0.15, 0.2) is 0 Å². The van der Waals surface area contributed by atoms with Gasteiger partial charge in [-0.2, -0.15) is 0 Å². The van der Waals surface area contributed by atoms with Crippen molar-refractivity contribution < 1.29 is 4.39 Å². The summed E-state index contributed by atoms with van der Waals surface area (Å²) >= 11 is 6.63. The lowest BCUT2D eigenvalue weighted by Gasteiger charge is -2.08. The molecule has 2 aromatic rings. The lowest BCUT2D eigenvalue weighted by Crippen LogP contribution is -2.01. The lowest BCUT2D eigenvalue weighted by molar-refractivity contribution is 0.612. The molecule has 0 aliphatic carbocycles. The molecule has 0 saturated carbocycles. The summed E-state index contributed by atoms with van der Waals surface area (Å²) in [6.45, 7) is 0.468. The van der Waals surface area contributed by atoms with Crippen LogP contribution in [0.1, 0.15) is 5.56 Å². The summed E-state index contributed by atoms with van der Waals surface area (Å²) in [5.74, 6) is -0.207. The average molecular weight is 359 g/mol. The van der Waals surface area contributed by atoms with Gasteiger partial charge in [-0.15, -0.1) is 0 Å². The smallest absolute Gasteiger partial charge is 0.129 e. The van der Waals surface area contributed by atoms with E-state index in [4.69, 9.17) is 0 Å². The van der Waals surface area contributed by atoms with Crippen molar-refractivity contribution in [3.05, 3.63) is 62.8 Å². The predicted molar refractivity (Wildman–Crippen MR) is 75.6 cm³/mol. The van der Waals surface area contributed by atoms with Crippen LogP contribution in [0.5, 0.6) is 0 Å². The van der Waals surface area contributed by atoms with E-state index >= 15 is 0 Å². The van der Waals surface area contributed by atoms with E-state index in [-0.39, 0.29) is 5.82 Å². The van der Waals surface area contributed by atoms with Gasteiger partial charge in [0.05, 0.1) is 0 Å². The van der Waals surface area contributed by atoms with Crippen molar-refractivity contribution in [3.8, 4) is 0 Å². The summed E-state index contributed by atoms with van der Waals surface area (Å²) in [5.41, 5.74) is 1.61. The molecule has 4 heteroatoms. The Morgan fingerprint density at radius 2 is 1.76 bits per heavy atom. The summed E-state index contributed by atoms with van der Waals surface area (Å²) in [6.07, 6.45) is 0. The van der Waals surface area contributed by atoms with Crippen LogP contribution >= 0.6 is 31.9 Å². The normalized spacial score (nSPS) is 10.3. The zero-order chi connectivity index (χ0) is 12.3. The Balaban J connectivity index is 2.07. The van der Waals surface area contributed by atoms with E-state index < -0.39 is 0 Å². The topological polar surface area (TPSA) is 12.0 Å². The van der Waals surface area contributed by atoms with Crippen LogP contribution in [-0.2, 0) is 6.54 Å². The summed E-state index contributed by atoms with van der Waals surface area (Å²) in [4.78, 5) is 0. The van der Waals surface area contributed by atoms with Gasteiger partial charge in [0.1, 0.15) is 5.82 Å². The molecule has 0 aliphatic rings. The molecular weight excluding hydrogens is 349 g/mol. The second-order valence-electron chi connectivity index (χ2n) is 3.60. The molecule has 0 aliphatic heterocycles. The zero-order valence-corrected chi connectivity index (χ0v) is 12.1. The molecule has 0 aromatic heterocycles. The van der Waals surface area contributed by atoms with Crippen molar-refractivity contribution in [2.75, 3.05) is 5.32 Å². The Bertz CT molecular complexity index is 529. The second-order valence-corrected chi connectivity index (χ2v) is 5.43. The van der Waals surface area contributed by atoms with Crippen molar-refractivity contribution in [2.24, 2.45) is 0 Å². The zero-order valence-electron chi connectivity index (χ0n) is 8.88. The summed E-state index contributed by atoms with van der Waals surface area (Å²) in [6, 6.07) is 12.9. The molecule has 0 heterocycles. The Morgan fingerprint density at radius 1 is 1.00 bits per heavy atom. The number of benzene rings is 2. The van der Waals surface area contributed by atoms with E-state index in [2.05, 4.69) is 37.2 Å². The van der Waals surface area contributed by atoms with Gasteiger partial charge in [0.25, 0.3) is 0 Å². The number of rotatable bonds is 3. The van der Waals surface area contributed by atoms with Crippen LogP contribution in [-0.4, -0.2) is 0 Å². The monoisotopic (exact) mass is 357 g/mol. The third-order valence-corrected chi connectivity index (χ3v) is 3.31. The highest BCUT2D eigenvalue weighted by molar-refractivity contribution is 9.10. The first-order valence-electron chi connectivity index (χ1n) is 5.08. The first-order chi connectivity index (χ1) is 8.15. The maximum Gasteiger partial charge on any atom is 0.129 e. The fourth-order valence-electron chi connectivity index (χ4n) is 1.46. The van der Waals surface area contributed by atoms with Gasteiger partial charge in [-0.3, -0.25) is 0 Å². The van der Waals surface area contributed by atoms with E-state index in [0.29, 0.717) is 12.1 Å². The fraction of sp³-hybridized carbons (Fsp3) is 0.0769. The number of hydrogen-bond acceptors (Lipinski definition) is 1. The molecule has 1 N–H and O–H groups in total. The Kier molecular flexibility index (Phi) is 4.18. The highest BCUT2D eigenvalue weighted by atomic mass is 79.9. The third-order valence-electron chi connectivity index (χ3n) is 2.32. The van der Waals surface area contributed by atoms with Gasteiger partial charge in [0.2, 0.25) is 0 Å². The summed E-state index contributed by atoms with van der Waals surface area (Å²) in [5, 5.41) is 3.18. The van der Waals surface area contributed by atoms with Crippen molar-refractivity contribution in [1.82, 2.24) is 0 Å². The quantitative estimate of drug-likeness (QED) is 0.817. The summed E-state index contributed by atoms with van der Waals surface area (Å²) < 4.78 is 15.3. The van der Waals surface area contributed by atoms with Gasteiger partial charge in [-0.1, -0.05) is 44.0 Å². The van der Waals surface area contributed by atoms with Crippen LogP contribution in [0, 0.1) is 5.82 Å². The number of nitrogens with one attached hydrogen (secondary N) is 1. The third kappa shape index (κ3) is 3.54. The van der Waals surface area contributed by atoms with Crippen LogP contribution in [0.25, 0.3) is 0 Å². The molecule has 2 rings (SSSR count). The highest BCUT2D eigenvalue weighted by Gasteiger charge is 2.02. The van der Waals surface area contributed by atoms with Crippen molar-refractivity contribution in [3.63, 3.8) is 0 Å². The molecule has 0 unspecified atom stereocenters. The van der Waals surface area contributed by atoms with Crippen molar-refractivity contribution in [2.45, 2.75) is 6.54 Å². The van der Waals surface area contributed by atoms with Crippen LogP contribution in [0.15, 0.2) is 51.4 Å². The van der Waals surface area contributed by atoms with E-state index in [1.807, 2.05) is 30.3 Å². The standard InChI is InChI=1S/C13H10Br2FN/c14-10-2-1-3-12(6-10)17-8-9-4-5-11(15)7-13(9)16/h1-7,17H,8H2. The maximum atomic E-state index is 13.6. The SMILES string of the molecule is Fc1cc(Br)ccc1CNc1cccc(Br)c1. The molecule has 0 saturated heterocycles. The van der Waals surface area contributed by atoms with Crippen LogP contribution in [0.4, 0.5) is 10.1 Å². The first kappa shape index (κ1) is 12.6. The molecule has 0 fully saturated rings. The minimum absolute atomic E-state index is 0.207. The Hall–Kier alpha value is -0.870. The molecule has 1 nitrogen and oxygen atoms in total. The average Bonchev–Trinajstić information content (AvgIpc) is 2.28. The van der Waals surface area contributed by atoms with Crippen LogP contribution in [0.2, 0.25) is 0 Å². The van der Waals surface area contributed by atoms with Gasteiger partial charge < -0.3 is 5.32 Å². The minimum atomic E-state index is -0.207. The lowest BCUT2D eigenvalue weighted by atomic mass is 10.2. The molecule has 0 radical (unpaired) electrons. The molecule has 17 heavy (non-hydrogen) atoms. The van der Waals surface area contributed by atoms with Crippen molar-refractivity contribution in [1.29, 1.82) is 0 Å². The predicted octanol–water partition coefficient (Wildman–Crippen LogP) is 4.96. The number of hydrogen-bond donors (Lipinski definition) is 1. The van der Waals surface area contributed by atoms with Gasteiger partial charge in [-0.05, 0) is 30.3 Å². The molecule has 88 valence electrons. The maximum absolute atomic E-state index is 13.6.